The summed E-state index contributed by atoms with van der Waals surface area (Å²) in [7, 11) is 0. The molecule has 2 aromatic heterocycles. The molecule has 0 spiro atoms. The van der Waals surface area contributed by atoms with Crippen molar-refractivity contribution in [1.82, 2.24) is 20.2 Å². The predicted molar refractivity (Wildman–Crippen MR) is 175 cm³/mol. The Labute approximate surface area is 263 Å². The van der Waals surface area contributed by atoms with Crippen molar-refractivity contribution in [3.63, 3.8) is 0 Å². The Kier molecular flexibility index (Phi) is 10.3. The molecule has 4 aromatic rings. The Morgan fingerprint density at radius 1 is 0.867 bits per heavy atom. The number of hydrogen-bond donors (Lipinski definition) is 5. The lowest BCUT2D eigenvalue weighted by Crippen LogP contribution is -2.34. The third-order valence-corrected chi connectivity index (χ3v) is 8.26. The zero-order valence-electron chi connectivity index (χ0n) is 26.0. The molecule has 2 aromatic carbocycles. The molecule has 2 amide bonds. The van der Waals surface area contributed by atoms with Gasteiger partial charge in [-0.05, 0) is 90.4 Å². The molecule has 0 atom stereocenters. The number of amides is 2. The van der Waals surface area contributed by atoms with E-state index in [1.54, 1.807) is 12.3 Å². The summed E-state index contributed by atoms with van der Waals surface area (Å²) in [6.07, 6.45) is 2.50. The Bertz CT molecular complexity index is 1690. The highest BCUT2D eigenvalue weighted by atomic mass is 16.3. The molecule has 45 heavy (non-hydrogen) atoms. The summed E-state index contributed by atoms with van der Waals surface area (Å²) in [6.45, 7) is 9.21. The van der Waals surface area contributed by atoms with E-state index in [0.29, 0.717) is 48.9 Å². The number of aromatic nitrogens is 2. The van der Waals surface area contributed by atoms with Gasteiger partial charge in [-0.2, -0.15) is 0 Å². The minimum atomic E-state index is -0.310. The number of rotatable bonds is 11. The number of aliphatic hydroxyl groups excluding tert-OH is 2. The molecule has 0 saturated carbocycles. The summed E-state index contributed by atoms with van der Waals surface area (Å²) in [6, 6.07) is 16.9. The first-order valence-corrected chi connectivity index (χ1v) is 15.2. The molecular weight excluding hydrogens is 568 g/mol. The summed E-state index contributed by atoms with van der Waals surface area (Å²) in [5.74, 6) is -0.587. The van der Waals surface area contributed by atoms with E-state index in [0.717, 1.165) is 52.0 Å². The van der Waals surface area contributed by atoms with Crippen LogP contribution in [-0.4, -0.2) is 69.7 Å². The van der Waals surface area contributed by atoms with Crippen LogP contribution in [0.2, 0.25) is 0 Å². The van der Waals surface area contributed by atoms with Crippen molar-refractivity contribution in [2.75, 3.05) is 43.5 Å². The van der Waals surface area contributed by atoms with Gasteiger partial charge in [-0.25, -0.2) is 4.98 Å². The summed E-state index contributed by atoms with van der Waals surface area (Å²) in [5, 5.41) is 27.4. The average Bonchev–Trinajstić information content (AvgIpc) is 3.03. The predicted octanol–water partition coefficient (Wildman–Crippen LogP) is 4.01. The molecule has 234 valence electrons. The maximum absolute atomic E-state index is 13.4. The maximum Gasteiger partial charge on any atom is 0.274 e. The Morgan fingerprint density at radius 2 is 1.53 bits per heavy atom. The van der Waals surface area contributed by atoms with Crippen LogP contribution in [0.25, 0.3) is 11.1 Å². The van der Waals surface area contributed by atoms with Crippen LogP contribution in [0.1, 0.15) is 54.5 Å². The summed E-state index contributed by atoms with van der Waals surface area (Å²) < 4.78 is 0. The molecule has 10 heteroatoms. The van der Waals surface area contributed by atoms with Crippen LogP contribution in [-0.2, 0) is 19.5 Å². The van der Waals surface area contributed by atoms with E-state index in [-0.39, 0.29) is 25.0 Å². The summed E-state index contributed by atoms with van der Waals surface area (Å²) in [5.41, 5.74) is 9.73. The molecule has 0 saturated heterocycles. The number of anilines is 2. The number of aryl methyl sites for hydroxylation is 1. The van der Waals surface area contributed by atoms with Crippen LogP contribution in [0.15, 0.2) is 60.8 Å². The number of aliphatic hydroxyl groups is 2. The monoisotopic (exact) mass is 608 g/mol. The van der Waals surface area contributed by atoms with Gasteiger partial charge in [0.1, 0.15) is 11.4 Å². The van der Waals surface area contributed by atoms with Gasteiger partial charge in [-0.1, -0.05) is 30.3 Å². The number of nitrogens with one attached hydrogen (secondary N) is 3. The van der Waals surface area contributed by atoms with E-state index in [2.05, 4.69) is 25.8 Å². The fraction of sp³-hybridized carbons (Fsp3) is 0.314. The van der Waals surface area contributed by atoms with E-state index in [1.807, 2.05) is 69.3 Å². The third-order valence-electron chi connectivity index (χ3n) is 8.26. The standard InChI is InChI=1S/C35H40N6O4/c1-22-18-32(38-33-21-41(15-17-43)14-12-26(22)33)35(45)40-30-9-5-7-28(24(30)3)27-6-4-8-29(23(27)2)39-34(44)31-11-10-25(20-37-31)19-36-13-16-42/h4-11,18,20,36,42-43H,12-17,19,21H2,1-3H3,(H,39,44)(H,40,45). The fourth-order valence-corrected chi connectivity index (χ4v) is 5.72. The zero-order chi connectivity index (χ0) is 31.9. The van der Waals surface area contributed by atoms with Gasteiger partial charge in [0.15, 0.2) is 0 Å². The number of benzene rings is 2. The number of pyridine rings is 2. The second kappa shape index (κ2) is 14.5. The van der Waals surface area contributed by atoms with E-state index in [9.17, 15) is 14.7 Å². The summed E-state index contributed by atoms with van der Waals surface area (Å²) in [4.78, 5) is 37.6. The van der Waals surface area contributed by atoms with Crippen molar-refractivity contribution in [2.24, 2.45) is 0 Å². The van der Waals surface area contributed by atoms with Crippen LogP contribution in [0, 0.1) is 20.8 Å². The number of hydrogen-bond acceptors (Lipinski definition) is 8. The largest absolute Gasteiger partial charge is 0.395 e. The van der Waals surface area contributed by atoms with Crippen molar-refractivity contribution in [1.29, 1.82) is 0 Å². The van der Waals surface area contributed by atoms with Gasteiger partial charge in [0.05, 0.1) is 18.9 Å². The molecular formula is C35H40N6O4. The smallest absolute Gasteiger partial charge is 0.274 e. The minimum absolute atomic E-state index is 0.0590. The van der Waals surface area contributed by atoms with E-state index in [1.165, 1.54) is 5.56 Å². The first kappa shape index (κ1) is 31.9. The highest BCUT2D eigenvalue weighted by Crippen LogP contribution is 2.34. The van der Waals surface area contributed by atoms with Crippen LogP contribution in [0.3, 0.4) is 0 Å². The van der Waals surface area contributed by atoms with Crippen LogP contribution in [0.5, 0.6) is 0 Å². The van der Waals surface area contributed by atoms with Gasteiger partial charge in [0, 0.05) is 50.3 Å². The SMILES string of the molecule is Cc1cc(C(=O)Nc2cccc(-c3cccc(NC(=O)c4ccc(CNCCO)cn4)c3C)c2C)nc2c1CCN(CCO)C2. The number of β-amino-alcohol motifs (C(OH)–C–C–N with tert-alkyl or cyclic N) is 1. The maximum atomic E-state index is 13.4. The highest BCUT2D eigenvalue weighted by molar-refractivity contribution is 6.05. The molecule has 5 rings (SSSR count). The van der Waals surface area contributed by atoms with Crippen molar-refractivity contribution < 1.29 is 19.8 Å². The second-order valence-corrected chi connectivity index (χ2v) is 11.3. The van der Waals surface area contributed by atoms with Gasteiger partial charge in [0.2, 0.25) is 0 Å². The number of nitrogens with zero attached hydrogens (tertiary/aromatic N) is 3. The van der Waals surface area contributed by atoms with Gasteiger partial charge in [-0.15, -0.1) is 0 Å². The topological polar surface area (TPSA) is 140 Å². The molecule has 1 aliphatic heterocycles. The van der Waals surface area contributed by atoms with Crippen molar-refractivity contribution >= 4 is 23.2 Å². The number of carbonyl (C=O) groups is 2. The molecule has 5 N–H and O–H groups in total. The molecule has 3 heterocycles. The molecule has 0 radical (unpaired) electrons. The third kappa shape index (κ3) is 7.43. The molecule has 0 unspecified atom stereocenters. The number of fused-ring (bicyclic) bond motifs is 1. The average molecular weight is 609 g/mol. The highest BCUT2D eigenvalue weighted by Gasteiger charge is 2.22. The Hall–Kier alpha value is -4.48. The van der Waals surface area contributed by atoms with Gasteiger partial charge < -0.3 is 26.2 Å². The first-order valence-electron chi connectivity index (χ1n) is 15.2. The van der Waals surface area contributed by atoms with E-state index < -0.39 is 0 Å². The zero-order valence-corrected chi connectivity index (χ0v) is 26.0. The summed E-state index contributed by atoms with van der Waals surface area (Å²) >= 11 is 0. The lowest BCUT2D eigenvalue weighted by Gasteiger charge is -2.28. The number of carbonyl (C=O) groups excluding carboxylic acids is 2. The molecule has 0 fully saturated rings. The molecule has 10 nitrogen and oxygen atoms in total. The Morgan fingerprint density at radius 3 is 2.13 bits per heavy atom. The minimum Gasteiger partial charge on any atom is -0.395 e. The van der Waals surface area contributed by atoms with Gasteiger partial charge in [0.25, 0.3) is 11.8 Å². The normalized spacial score (nSPS) is 12.9. The van der Waals surface area contributed by atoms with E-state index in [4.69, 9.17) is 10.1 Å². The van der Waals surface area contributed by atoms with Crippen LogP contribution < -0.4 is 16.0 Å². The van der Waals surface area contributed by atoms with E-state index >= 15 is 0 Å². The Balaban J connectivity index is 1.33. The lowest BCUT2D eigenvalue weighted by molar-refractivity contribution is 0.101. The van der Waals surface area contributed by atoms with Gasteiger partial charge in [-0.3, -0.25) is 19.5 Å². The molecule has 1 aliphatic rings. The van der Waals surface area contributed by atoms with Crippen molar-refractivity contribution in [2.45, 2.75) is 40.3 Å². The van der Waals surface area contributed by atoms with Crippen molar-refractivity contribution in [3.05, 3.63) is 106 Å². The van der Waals surface area contributed by atoms with Crippen LogP contribution in [0.4, 0.5) is 11.4 Å². The molecule has 0 aliphatic carbocycles. The first-order chi connectivity index (χ1) is 21.8. The quantitative estimate of drug-likeness (QED) is 0.161. The lowest BCUT2D eigenvalue weighted by atomic mass is 9.94. The van der Waals surface area contributed by atoms with Crippen molar-refractivity contribution in [3.8, 4) is 11.1 Å². The second-order valence-electron chi connectivity index (χ2n) is 11.3. The fourth-order valence-electron chi connectivity index (χ4n) is 5.72. The molecule has 0 bridgehead atoms. The van der Waals surface area contributed by atoms with Crippen LogP contribution >= 0.6 is 0 Å². The van der Waals surface area contributed by atoms with Gasteiger partial charge >= 0.3 is 0 Å².